The molecule has 3 rings (SSSR count). The number of rotatable bonds is 9. The lowest BCUT2D eigenvalue weighted by Crippen LogP contribution is -2.25. The fraction of sp³-hybridized carbons (Fsp3) is 0.350. The maximum Gasteiger partial charge on any atom is 0.0589 e. The SMILES string of the molecule is COCCN(C)CCc1c[nH]c2cccc(SCc3ccncc3)c12. The molecule has 0 saturated carbocycles. The van der Waals surface area contributed by atoms with E-state index in [9.17, 15) is 0 Å². The summed E-state index contributed by atoms with van der Waals surface area (Å²) >= 11 is 1.89. The zero-order valence-electron chi connectivity index (χ0n) is 14.9. The Hall–Kier alpha value is -1.82. The second-order valence-electron chi connectivity index (χ2n) is 6.18. The van der Waals surface area contributed by atoms with Crippen LogP contribution in [0.15, 0.2) is 53.8 Å². The molecule has 25 heavy (non-hydrogen) atoms. The van der Waals surface area contributed by atoms with Gasteiger partial charge in [-0.3, -0.25) is 4.98 Å². The lowest BCUT2D eigenvalue weighted by Gasteiger charge is -2.15. The maximum atomic E-state index is 5.16. The topological polar surface area (TPSA) is 41.1 Å². The van der Waals surface area contributed by atoms with Crippen LogP contribution in [0, 0.1) is 0 Å². The van der Waals surface area contributed by atoms with Crippen LogP contribution < -0.4 is 0 Å². The molecule has 0 fully saturated rings. The Morgan fingerprint density at radius 1 is 1.16 bits per heavy atom. The third kappa shape index (κ3) is 4.84. The molecule has 0 unspecified atom stereocenters. The number of H-pyrrole nitrogens is 1. The number of likely N-dealkylation sites (N-methyl/N-ethyl adjacent to an activating group) is 1. The average molecular weight is 356 g/mol. The van der Waals surface area contributed by atoms with Crippen LogP contribution in [0.25, 0.3) is 10.9 Å². The summed E-state index contributed by atoms with van der Waals surface area (Å²) in [4.78, 5) is 11.2. The van der Waals surface area contributed by atoms with Gasteiger partial charge in [-0.05, 0) is 48.9 Å². The van der Waals surface area contributed by atoms with E-state index in [2.05, 4.69) is 58.4 Å². The summed E-state index contributed by atoms with van der Waals surface area (Å²) in [6.07, 6.45) is 6.90. The van der Waals surface area contributed by atoms with Crippen molar-refractivity contribution < 1.29 is 4.74 Å². The largest absolute Gasteiger partial charge is 0.383 e. The lowest BCUT2D eigenvalue weighted by molar-refractivity contribution is 0.162. The van der Waals surface area contributed by atoms with E-state index in [0.717, 1.165) is 31.9 Å². The monoisotopic (exact) mass is 355 g/mol. The van der Waals surface area contributed by atoms with Crippen LogP contribution in [-0.4, -0.2) is 48.7 Å². The third-order valence-electron chi connectivity index (χ3n) is 4.33. The summed E-state index contributed by atoms with van der Waals surface area (Å²) in [7, 11) is 3.90. The highest BCUT2D eigenvalue weighted by molar-refractivity contribution is 7.98. The molecular formula is C20H25N3OS. The number of benzene rings is 1. The van der Waals surface area contributed by atoms with E-state index < -0.39 is 0 Å². The summed E-state index contributed by atoms with van der Waals surface area (Å²) in [6.45, 7) is 2.76. The Balaban J connectivity index is 1.72. The van der Waals surface area contributed by atoms with Crippen LogP contribution in [-0.2, 0) is 16.9 Å². The predicted octanol–water partition coefficient (Wildman–Crippen LogP) is 3.98. The number of pyridine rings is 1. The normalized spacial score (nSPS) is 11.5. The van der Waals surface area contributed by atoms with Gasteiger partial charge in [0.1, 0.15) is 0 Å². The summed E-state index contributed by atoms with van der Waals surface area (Å²) in [5.41, 5.74) is 3.90. The van der Waals surface area contributed by atoms with E-state index in [0.29, 0.717) is 0 Å². The molecule has 4 nitrogen and oxygen atoms in total. The van der Waals surface area contributed by atoms with Crippen LogP contribution >= 0.6 is 11.8 Å². The molecule has 0 atom stereocenters. The summed E-state index contributed by atoms with van der Waals surface area (Å²) < 4.78 is 5.16. The summed E-state index contributed by atoms with van der Waals surface area (Å²) in [5.74, 6) is 0.958. The lowest BCUT2D eigenvalue weighted by atomic mass is 10.1. The van der Waals surface area contributed by atoms with Gasteiger partial charge in [0, 0.05) is 60.3 Å². The Morgan fingerprint density at radius 3 is 2.80 bits per heavy atom. The maximum absolute atomic E-state index is 5.16. The first-order valence-electron chi connectivity index (χ1n) is 8.56. The van der Waals surface area contributed by atoms with E-state index in [1.165, 1.54) is 26.9 Å². The number of aromatic amines is 1. The van der Waals surface area contributed by atoms with Gasteiger partial charge in [0.25, 0.3) is 0 Å². The van der Waals surface area contributed by atoms with Gasteiger partial charge in [-0.1, -0.05) is 6.07 Å². The van der Waals surface area contributed by atoms with Gasteiger partial charge in [-0.25, -0.2) is 0 Å². The molecule has 0 spiro atoms. The number of nitrogens with one attached hydrogen (secondary N) is 1. The summed E-state index contributed by atoms with van der Waals surface area (Å²) in [5, 5.41) is 1.36. The van der Waals surface area contributed by atoms with Gasteiger partial charge in [0.2, 0.25) is 0 Å². The highest BCUT2D eigenvalue weighted by Gasteiger charge is 2.10. The van der Waals surface area contributed by atoms with E-state index in [4.69, 9.17) is 4.74 Å². The van der Waals surface area contributed by atoms with Crippen LogP contribution in [0.3, 0.4) is 0 Å². The molecular weight excluding hydrogens is 330 g/mol. The molecule has 1 aromatic carbocycles. The zero-order valence-corrected chi connectivity index (χ0v) is 15.7. The van der Waals surface area contributed by atoms with Gasteiger partial charge in [0.05, 0.1) is 6.61 Å². The van der Waals surface area contributed by atoms with Gasteiger partial charge in [-0.2, -0.15) is 0 Å². The Labute approximate surface area is 153 Å². The molecule has 0 amide bonds. The van der Waals surface area contributed by atoms with Crippen molar-refractivity contribution in [1.29, 1.82) is 0 Å². The van der Waals surface area contributed by atoms with Crippen molar-refractivity contribution >= 4 is 22.7 Å². The molecule has 0 aliphatic rings. The van der Waals surface area contributed by atoms with Crippen molar-refractivity contribution in [2.45, 2.75) is 17.1 Å². The molecule has 1 N–H and O–H groups in total. The number of hydrogen-bond acceptors (Lipinski definition) is 4. The number of ether oxygens (including phenoxy) is 1. The van der Waals surface area contributed by atoms with E-state index in [-0.39, 0.29) is 0 Å². The van der Waals surface area contributed by atoms with Crippen LogP contribution in [0.4, 0.5) is 0 Å². The molecule has 0 aliphatic carbocycles. The van der Waals surface area contributed by atoms with Gasteiger partial charge in [-0.15, -0.1) is 11.8 Å². The Morgan fingerprint density at radius 2 is 2.00 bits per heavy atom. The highest BCUT2D eigenvalue weighted by atomic mass is 32.2. The fourth-order valence-corrected chi connectivity index (χ4v) is 3.92. The molecule has 2 heterocycles. The average Bonchev–Trinajstić information content (AvgIpc) is 3.07. The molecule has 0 saturated heterocycles. The van der Waals surface area contributed by atoms with Crippen molar-refractivity contribution in [3.63, 3.8) is 0 Å². The Bertz CT molecular complexity index is 788. The van der Waals surface area contributed by atoms with Crippen LogP contribution in [0.5, 0.6) is 0 Å². The standard InChI is InChI=1S/C20H25N3OS/c1-23(12-13-24-2)11-8-17-14-22-18-4-3-5-19(20(17)18)25-15-16-6-9-21-10-7-16/h3-7,9-10,14,22H,8,11-13,15H2,1-2H3. The van der Waals surface area contributed by atoms with Crippen molar-refractivity contribution in [1.82, 2.24) is 14.9 Å². The minimum absolute atomic E-state index is 0.775. The molecule has 132 valence electrons. The van der Waals surface area contributed by atoms with Crippen LogP contribution in [0.1, 0.15) is 11.1 Å². The van der Waals surface area contributed by atoms with Crippen molar-refractivity contribution in [2.75, 3.05) is 33.9 Å². The highest BCUT2D eigenvalue weighted by Crippen LogP contribution is 2.32. The Kier molecular flexibility index (Phi) is 6.50. The number of aromatic nitrogens is 2. The number of nitrogens with zero attached hydrogens (tertiary/aromatic N) is 2. The van der Waals surface area contributed by atoms with E-state index >= 15 is 0 Å². The minimum atomic E-state index is 0.775. The first-order valence-corrected chi connectivity index (χ1v) is 9.54. The van der Waals surface area contributed by atoms with Gasteiger partial charge >= 0.3 is 0 Å². The smallest absolute Gasteiger partial charge is 0.0589 e. The van der Waals surface area contributed by atoms with E-state index in [1.807, 2.05) is 24.2 Å². The van der Waals surface area contributed by atoms with Gasteiger partial charge in [0.15, 0.2) is 0 Å². The van der Waals surface area contributed by atoms with Crippen molar-refractivity contribution in [3.05, 3.63) is 60.0 Å². The first-order chi connectivity index (χ1) is 12.3. The molecule has 0 aliphatic heterocycles. The van der Waals surface area contributed by atoms with Gasteiger partial charge < -0.3 is 14.6 Å². The van der Waals surface area contributed by atoms with Crippen molar-refractivity contribution in [2.24, 2.45) is 0 Å². The molecule has 0 bridgehead atoms. The first kappa shape index (κ1) is 18.0. The quantitative estimate of drug-likeness (QED) is 0.590. The predicted molar refractivity (Wildman–Crippen MR) is 105 cm³/mol. The fourth-order valence-electron chi connectivity index (χ4n) is 2.85. The molecule has 2 aromatic heterocycles. The number of hydrogen-bond donors (Lipinski definition) is 1. The number of fused-ring (bicyclic) bond motifs is 1. The molecule has 3 aromatic rings. The molecule has 5 heteroatoms. The number of thioether (sulfide) groups is 1. The second kappa shape index (κ2) is 9.04. The molecule has 0 radical (unpaired) electrons. The number of methoxy groups -OCH3 is 1. The van der Waals surface area contributed by atoms with Crippen molar-refractivity contribution in [3.8, 4) is 0 Å². The third-order valence-corrected chi connectivity index (χ3v) is 5.46. The summed E-state index contributed by atoms with van der Waals surface area (Å²) in [6, 6.07) is 10.7. The minimum Gasteiger partial charge on any atom is -0.383 e. The second-order valence-corrected chi connectivity index (χ2v) is 7.20. The zero-order chi connectivity index (χ0) is 17.5. The van der Waals surface area contributed by atoms with E-state index in [1.54, 1.807) is 7.11 Å². The van der Waals surface area contributed by atoms with Crippen LogP contribution in [0.2, 0.25) is 0 Å².